The molecule has 0 saturated carbocycles. The van der Waals surface area contributed by atoms with Crippen molar-refractivity contribution in [2.75, 3.05) is 6.54 Å². The summed E-state index contributed by atoms with van der Waals surface area (Å²) in [6, 6.07) is 0.445. The summed E-state index contributed by atoms with van der Waals surface area (Å²) in [5.41, 5.74) is 3.90. The molecule has 3 nitrogen and oxygen atoms in total. The molecule has 0 aliphatic heterocycles. The first-order chi connectivity index (χ1) is 8.01. The SMILES string of the molecule is CCNC(CC)c1c(C)nn(CC(C)C)c1C. The van der Waals surface area contributed by atoms with E-state index < -0.39 is 0 Å². The van der Waals surface area contributed by atoms with E-state index in [0.717, 1.165) is 19.5 Å². The second kappa shape index (κ2) is 6.20. The Balaban J connectivity index is 3.02. The zero-order valence-corrected chi connectivity index (χ0v) is 12.2. The minimum atomic E-state index is 0.445. The molecule has 1 aromatic rings. The van der Waals surface area contributed by atoms with E-state index in [9.17, 15) is 0 Å². The first-order valence-electron chi connectivity index (χ1n) is 6.78. The first-order valence-corrected chi connectivity index (χ1v) is 6.78. The van der Waals surface area contributed by atoms with E-state index in [1.807, 2.05) is 0 Å². The van der Waals surface area contributed by atoms with Crippen molar-refractivity contribution >= 4 is 0 Å². The predicted octanol–water partition coefficient (Wildman–Crippen LogP) is 3.22. The van der Waals surface area contributed by atoms with Crippen LogP contribution in [0.2, 0.25) is 0 Å². The number of nitrogens with one attached hydrogen (secondary N) is 1. The van der Waals surface area contributed by atoms with Gasteiger partial charge in [0.15, 0.2) is 0 Å². The highest BCUT2D eigenvalue weighted by molar-refractivity contribution is 5.28. The molecule has 3 heteroatoms. The van der Waals surface area contributed by atoms with Crippen molar-refractivity contribution in [3.8, 4) is 0 Å². The molecule has 0 bridgehead atoms. The molecule has 1 aromatic heterocycles. The summed E-state index contributed by atoms with van der Waals surface area (Å²) in [6.07, 6.45) is 1.11. The lowest BCUT2D eigenvalue weighted by atomic mass is 10.0. The van der Waals surface area contributed by atoms with Crippen molar-refractivity contribution in [1.29, 1.82) is 0 Å². The third kappa shape index (κ3) is 3.32. The van der Waals surface area contributed by atoms with Crippen molar-refractivity contribution < 1.29 is 0 Å². The van der Waals surface area contributed by atoms with Crippen LogP contribution in [0.1, 0.15) is 57.1 Å². The van der Waals surface area contributed by atoms with Gasteiger partial charge in [-0.2, -0.15) is 5.10 Å². The Hall–Kier alpha value is -0.830. The van der Waals surface area contributed by atoms with Crippen LogP contribution in [-0.2, 0) is 6.54 Å². The van der Waals surface area contributed by atoms with E-state index in [0.29, 0.717) is 12.0 Å². The summed E-state index contributed by atoms with van der Waals surface area (Å²) < 4.78 is 2.16. The highest BCUT2D eigenvalue weighted by atomic mass is 15.3. The van der Waals surface area contributed by atoms with Crippen molar-refractivity contribution in [1.82, 2.24) is 15.1 Å². The quantitative estimate of drug-likeness (QED) is 0.823. The van der Waals surface area contributed by atoms with Crippen LogP contribution in [0.3, 0.4) is 0 Å². The number of nitrogens with zero attached hydrogens (tertiary/aromatic N) is 2. The number of aromatic nitrogens is 2. The number of hydrogen-bond donors (Lipinski definition) is 1. The fourth-order valence-electron chi connectivity index (χ4n) is 2.44. The van der Waals surface area contributed by atoms with Gasteiger partial charge in [-0.1, -0.05) is 27.7 Å². The lowest BCUT2D eigenvalue weighted by Crippen LogP contribution is -2.21. The predicted molar refractivity (Wildman–Crippen MR) is 73.2 cm³/mol. The molecule has 1 heterocycles. The molecule has 1 unspecified atom stereocenters. The average molecular weight is 237 g/mol. The zero-order valence-electron chi connectivity index (χ0n) is 12.2. The lowest BCUT2D eigenvalue weighted by molar-refractivity contribution is 0.470. The standard InChI is InChI=1S/C14H27N3/c1-7-13(15-8-2)14-11(5)16-17(12(14)6)9-10(3)4/h10,13,15H,7-9H2,1-6H3. The molecule has 0 radical (unpaired) electrons. The molecular formula is C14H27N3. The zero-order chi connectivity index (χ0) is 13.0. The normalized spacial score (nSPS) is 13.4. The van der Waals surface area contributed by atoms with Gasteiger partial charge in [0.05, 0.1) is 5.69 Å². The topological polar surface area (TPSA) is 29.9 Å². The molecule has 1 N–H and O–H groups in total. The minimum Gasteiger partial charge on any atom is -0.310 e. The maximum Gasteiger partial charge on any atom is 0.0644 e. The molecule has 0 aliphatic carbocycles. The maximum atomic E-state index is 4.68. The molecule has 0 aliphatic rings. The summed E-state index contributed by atoms with van der Waals surface area (Å²) in [5.74, 6) is 0.639. The Morgan fingerprint density at radius 3 is 2.35 bits per heavy atom. The van der Waals surface area contributed by atoms with Crippen LogP contribution >= 0.6 is 0 Å². The monoisotopic (exact) mass is 237 g/mol. The molecule has 17 heavy (non-hydrogen) atoms. The second-order valence-corrected chi connectivity index (χ2v) is 5.18. The Labute approximate surface area is 106 Å². The van der Waals surface area contributed by atoms with Crippen molar-refractivity contribution in [3.63, 3.8) is 0 Å². The Morgan fingerprint density at radius 1 is 1.24 bits per heavy atom. The highest BCUT2D eigenvalue weighted by Crippen LogP contribution is 2.24. The van der Waals surface area contributed by atoms with Gasteiger partial charge in [-0.25, -0.2) is 0 Å². The van der Waals surface area contributed by atoms with Crippen molar-refractivity contribution in [2.45, 2.75) is 60.5 Å². The van der Waals surface area contributed by atoms with Crippen LogP contribution in [0, 0.1) is 19.8 Å². The molecule has 1 atom stereocenters. The Morgan fingerprint density at radius 2 is 1.88 bits per heavy atom. The maximum absolute atomic E-state index is 4.68. The van der Waals surface area contributed by atoms with E-state index in [-0.39, 0.29) is 0 Å². The van der Waals surface area contributed by atoms with Gasteiger partial charge in [-0.3, -0.25) is 4.68 Å². The van der Waals surface area contributed by atoms with Gasteiger partial charge in [0.2, 0.25) is 0 Å². The molecule has 0 saturated heterocycles. The summed E-state index contributed by atoms with van der Waals surface area (Å²) in [7, 11) is 0. The molecule has 0 amide bonds. The summed E-state index contributed by atoms with van der Waals surface area (Å²) >= 11 is 0. The molecule has 98 valence electrons. The molecule has 0 spiro atoms. The molecule has 0 aromatic carbocycles. The molecule has 1 rings (SSSR count). The number of hydrogen-bond acceptors (Lipinski definition) is 2. The van der Waals surface area contributed by atoms with Gasteiger partial charge < -0.3 is 5.32 Å². The fourth-order valence-corrected chi connectivity index (χ4v) is 2.44. The van der Waals surface area contributed by atoms with E-state index >= 15 is 0 Å². The largest absolute Gasteiger partial charge is 0.310 e. The molecular weight excluding hydrogens is 210 g/mol. The van der Waals surface area contributed by atoms with Crippen molar-refractivity contribution in [3.05, 3.63) is 17.0 Å². The van der Waals surface area contributed by atoms with E-state index in [1.165, 1.54) is 17.0 Å². The van der Waals surface area contributed by atoms with Crippen LogP contribution in [0.4, 0.5) is 0 Å². The highest BCUT2D eigenvalue weighted by Gasteiger charge is 2.19. The van der Waals surface area contributed by atoms with Crippen LogP contribution in [0.25, 0.3) is 0 Å². The van der Waals surface area contributed by atoms with Gasteiger partial charge in [0.25, 0.3) is 0 Å². The van der Waals surface area contributed by atoms with Crippen LogP contribution in [0.5, 0.6) is 0 Å². The summed E-state index contributed by atoms with van der Waals surface area (Å²) in [6.45, 7) is 15.2. The van der Waals surface area contributed by atoms with E-state index in [2.05, 4.69) is 56.6 Å². The van der Waals surface area contributed by atoms with Crippen LogP contribution in [-0.4, -0.2) is 16.3 Å². The van der Waals surface area contributed by atoms with Gasteiger partial charge in [0.1, 0.15) is 0 Å². The summed E-state index contributed by atoms with van der Waals surface area (Å²) in [4.78, 5) is 0. The Bertz CT molecular complexity index is 353. The average Bonchev–Trinajstić information content (AvgIpc) is 2.51. The van der Waals surface area contributed by atoms with Crippen LogP contribution < -0.4 is 5.32 Å². The van der Waals surface area contributed by atoms with Gasteiger partial charge in [-0.05, 0) is 32.7 Å². The second-order valence-electron chi connectivity index (χ2n) is 5.18. The minimum absolute atomic E-state index is 0.445. The van der Waals surface area contributed by atoms with Crippen molar-refractivity contribution in [2.24, 2.45) is 5.92 Å². The number of aryl methyl sites for hydroxylation is 1. The fraction of sp³-hybridized carbons (Fsp3) is 0.786. The van der Waals surface area contributed by atoms with E-state index in [4.69, 9.17) is 0 Å². The summed E-state index contributed by atoms with van der Waals surface area (Å²) in [5, 5.41) is 8.22. The third-order valence-corrected chi connectivity index (χ3v) is 3.18. The van der Waals surface area contributed by atoms with E-state index in [1.54, 1.807) is 0 Å². The van der Waals surface area contributed by atoms with Gasteiger partial charge >= 0.3 is 0 Å². The smallest absolute Gasteiger partial charge is 0.0644 e. The lowest BCUT2D eigenvalue weighted by Gasteiger charge is -2.17. The first kappa shape index (κ1) is 14.2. The molecule has 0 fully saturated rings. The van der Waals surface area contributed by atoms with Gasteiger partial charge in [-0.15, -0.1) is 0 Å². The Kier molecular flexibility index (Phi) is 5.19. The van der Waals surface area contributed by atoms with Crippen LogP contribution in [0.15, 0.2) is 0 Å². The third-order valence-electron chi connectivity index (χ3n) is 3.18. The van der Waals surface area contributed by atoms with Gasteiger partial charge in [0, 0.05) is 23.8 Å². The number of rotatable bonds is 6.